The van der Waals surface area contributed by atoms with Crippen LogP contribution in [0.25, 0.3) is 0 Å². The van der Waals surface area contributed by atoms with Gasteiger partial charge >= 0.3 is 0 Å². The molecule has 0 radical (unpaired) electrons. The van der Waals surface area contributed by atoms with Gasteiger partial charge in [0.15, 0.2) is 5.78 Å². The molecule has 0 atom stereocenters. The molecule has 0 rings (SSSR count). The lowest BCUT2D eigenvalue weighted by Crippen LogP contribution is -2.42. The van der Waals surface area contributed by atoms with E-state index in [0.29, 0.717) is 0 Å². The minimum absolute atomic E-state index is 0.126. The Hall–Kier alpha value is -0.573. The average molecular weight is 299 g/mol. The van der Waals surface area contributed by atoms with Crippen LogP contribution in [0.15, 0.2) is 11.8 Å². The van der Waals surface area contributed by atoms with Gasteiger partial charge < -0.3 is 4.43 Å². The maximum absolute atomic E-state index is 12.3. The van der Waals surface area contributed by atoms with Crippen LogP contribution < -0.4 is 0 Å². The first-order valence-electron chi connectivity index (χ1n) is 7.44. The molecule has 118 valence electrons. The van der Waals surface area contributed by atoms with Crippen molar-refractivity contribution in [3.63, 3.8) is 0 Å². The van der Waals surface area contributed by atoms with Crippen LogP contribution in [-0.2, 0) is 9.22 Å². The molecule has 0 aliphatic rings. The SMILES string of the molecule is CC(C)(C)C(=O)/C=C(\O[Si](C)(C)C(C)(C)C)C(C)(C)C. The summed E-state index contributed by atoms with van der Waals surface area (Å²) in [7, 11) is -1.92. The Kier molecular flexibility index (Phi) is 5.50. The van der Waals surface area contributed by atoms with Crippen LogP contribution in [0.4, 0.5) is 0 Å². The number of allylic oxidation sites excluding steroid dienone is 2. The minimum Gasteiger partial charge on any atom is -0.546 e. The van der Waals surface area contributed by atoms with Crippen LogP contribution in [0.2, 0.25) is 18.1 Å². The largest absolute Gasteiger partial charge is 0.546 e. The molecule has 0 bridgehead atoms. The second-order valence-electron chi connectivity index (χ2n) is 9.24. The van der Waals surface area contributed by atoms with Crippen molar-refractivity contribution in [2.75, 3.05) is 0 Å². The predicted molar refractivity (Wildman–Crippen MR) is 90.3 cm³/mol. The molecule has 0 unspecified atom stereocenters. The van der Waals surface area contributed by atoms with Gasteiger partial charge in [0.1, 0.15) is 0 Å². The average Bonchev–Trinajstić information content (AvgIpc) is 2.11. The Bertz CT molecular complexity index is 385. The van der Waals surface area contributed by atoms with E-state index in [1.165, 1.54) is 0 Å². The van der Waals surface area contributed by atoms with Gasteiger partial charge in [-0.2, -0.15) is 0 Å². The summed E-state index contributed by atoms with van der Waals surface area (Å²) >= 11 is 0. The molecule has 2 nitrogen and oxygen atoms in total. The monoisotopic (exact) mass is 298 g/mol. The Morgan fingerprint density at radius 2 is 1.25 bits per heavy atom. The second-order valence-corrected chi connectivity index (χ2v) is 14.0. The molecule has 3 heteroatoms. The molecule has 0 amide bonds. The van der Waals surface area contributed by atoms with E-state index >= 15 is 0 Å². The Balaban J connectivity index is 5.55. The zero-order valence-corrected chi connectivity index (χ0v) is 16.4. The fourth-order valence-corrected chi connectivity index (χ4v) is 2.38. The van der Waals surface area contributed by atoms with E-state index in [2.05, 4.69) is 54.6 Å². The van der Waals surface area contributed by atoms with Crippen molar-refractivity contribution in [3.05, 3.63) is 11.8 Å². The number of rotatable bonds is 3. The maximum Gasteiger partial charge on any atom is 0.250 e. The highest BCUT2D eigenvalue weighted by molar-refractivity contribution is 6.74. The predicted octanol–water partition coefficient (Wildman–Crippen LogP) is 5.55. The number of ketones is 1. The Morgan fingerprint density at radius 3 is 1.50 bits per heavy atom. The molecular formula is C17H34O2Si. The van der Waals surface area contributed by atoms with Crippen molar-refractivity contribution in [1.82, 2.24) is 0 Å². The number of carbonyl (C=O) groups excluding carboxylic acids is 1. The summed E-state index contributed by atoms with van der Waals surface area (Å²) in [6.45, 7) is 23.2. The lowest BCUT2D eigenvalue weighted by Gasteiger charge is -2.40. The molecule has 0 aromatic rings. The summed E-state index contributed by atoms with van der Waals surface area (Å²) in [5.41, 5.74) is -0.524. The van der Waals surface area contributed by atoms with Crippen molar-refractivity contribution in [3.8, 4) is 0 Å². The topological polar surface area (TPSA) is 26.3 Å². The van der Waals surface area contributed by atoms with Crippen LogP contribution in [0.5, 0.6) is 0 Å². The number of hydrogen-bond acceptors (Lipinski definition) is 2. The molecule has 0 heterocycles. The Labute approximate surface area is 127 Å². The van der Waals surface area contributed by atoms with E-state index < -0.39 is 8.32 Å². The van der Waals surface area contributed by atoms with Gasteiger partial charge in [-0.1, -0.05) is 62.3 Å². The van der Waals surface area contributed by atoms with E-state index in [9.17, 15) is 4.79 Å². The van der Waals surface area contributed by atoms with Gasteiger partial charge in [-0.25, -0.2) is 0 Å². The molecule has 0 aromatic heterocycles. The van der Waals surface area contributed by atoms with Gasteiger partial charge in [-0.05, 0) is 18.1 Å². The molecule has 0 spiro atoms. The van der Waals surface area contributed by atoms with Crippen molar-refractivity contribution in [2.45, 2.75) is 80.4 Å². The molecule has 0 saturated heterocycles. The summed E-state index contributed by atoms with van der Waals surface area (Å²) in [5.74, 6) is 0.949. The molecule has 0 saturated carbocycles. The summed E-state index contributed by atoms with van der Waals surface area (Å²) in [4.78, 5) is 12.3. The summed E-state index contributed by atoms with van der Waals surface area (Å²) < 4.78 is 6.41. The Morgan fingerprint density at radius 1 is 0.850 bits per heavy atom. The standard InChI is InChI=1S/C17H34O2Si/c1-15(2,3)13(18)12-14(16(4,5)6)19-20(10,11)17(7,8)9/h12H,1-11H3/b14-12-. The van der Waals surface area contributed by atoms with Crippen molar-refractivity contribution in [1.29, 1.82) is 0 Å². The highest BCUT2D eigenvalue weighted by Gasteiger charge is 2.41. The summed E-state index contributed by atoms with van der Waals surface area (Å²) in [6.07, 6.45) is 1.72. The molecule has 0 aromatic carbocycles. The lowest BCUT2D eigenvalue weighted by atomic mass is 9.87. The van der Waals surface area contributed by atoms with Crippen molar-refractivity contribution < 1.29 is 9.22 Å². The van der Waals surface area contributed by atoms with Crippen LogP contribution in [-0.4, -0.2) is 14.1 Å². The summed E-state index contributed by atoms with van der Waals surface area (Å²) in [5, 5.41) is 0.127. The van der Waals surface area contributed by atoms with E-state index in [-0.39, 0.29) is 21.7 Å². The first-order chi connectivity index (χ1) is 8.48. The van der Waals surface area contributed by atoms with Crippen LogP contribution in [0.1, 0.15) is 62.3 Å². The second kappa shape index (κ2) is 5.67. The fraction of sp³-hybridized carbons (Fsp3) is 0.824. The van der Waals surface area contributed by atoms with Crippen LogP contribution in [0.3, 0.4) is 0 Å². The number of hydrogen-bond donors (Lipinski definition) is 0. The van der Waals surface area contributed by atoms with Gasteiger partial charge in [0, 0.05) is 16.9 Å². The normalized spacial score (nSPS) is 15.2. The van der Waals surface area contributed by atoms with Gasteiger partial charge in [0.05, 0.1) is 5.76 Å². The molecular weight excluding hydrogens is 264 g/mol. The van der Waals surface area contributed by atoms with Crippen molar-refractivity contribution >= 4 is 14.1 Å². The maximum atomic E-state index is 12.3. The van der Waals surface area contributed by atoms with E-state index in [4.69, 9.17) is 4.43 Å². The number of carbonyl (C=O) groups is 1. The van der Waals surface area contributed by atoms with E-state index in [0.717, 1.165) is 5.76 Å². The third-order valence-corrected chi connectivity index (χ3v) is 8.25. The zero-order chi connectivity index (χ0) is 16.6. The first kappa shape index (κ1) is 19.4. The third-order valence-electron chi connectivity index (χ3n) is 3.91. The van der Waals surface area contributed by atoms with Crippen LogP contribution >= 0.6 is 0 Å². The summed E-state index contributed by atoms with van der Waals surface area (Å²) in [6, 6.07) is 0. The minimum atomic E-state index is -1.92. The third kappa shape index (κ3) is 5.43. The van der Waals surface area contributed by atoms with E-state index in [1.54, 1.807) is 6.08 Å². The highest BCUT2D eigenvalue weighted by atomic mass is 28.4. The van der Waals surface area contributed by atoms with Gasteiger partial charge in [0.2, 0.25) is 8.32 Å². The molecule has 0 aliphatic heterocycles. The quantitative estimate of drug-likeness (QED) is 0.388. The van der Waals surface area contributed by atoms with E-state index in [1.807, 2.05) is 20.8 Å². The smallest absolute Gasteiger partial charge is 0.250 e. The first-order valence-corrected chi connectivity index (χ1v) is 10.3. The lowest BCUT2D eigenvalue weighted by molar-refractivity contribution is -0.121. The zero-order valence-electron chi connectivity index (χ0n) is 15.4. The van der Waals surface area contributed by atoms with Crippen LogP contribution in [0, 0.1) is 10.8 Å². The van der Waals surface area contributed by atoms with Gasteiger partial charge in [0.25, 0.3) is 0 Å². The fourth-order valence-electron chi connectivity index (χ4n) is 1.16. The highest BCUT2D eigenvalue weighted by Crippen LogP contribution is 2.41. The molecule has 0 aliphatic carbocycles. The molecule has 0 N–H and O–H groups in total. The van der Waals surface area contributed by atoms with Gasteiger partial charge in [-0.3, -0.25) is 4.79 Å². The van der Waals surface area contributed by atoms with Crippen molar-refractivity contribution in [2.24, 2.45) is 10.8 Å². The van der Waals surface area contributed by atoms with Gasteiger partial charge in [-0.15, -0.1) is 0 Å². The molecule has 20 heavy (non-hydrogen) atoms. The molecule has 0 fully saturated rings.